The minimum Gasteiger partial charge on any atom is -0.492 e. The highest BCUT2D eigenvalue weighted by molar-refractivity contribution is 7.89. The van der Waals surface area contributed by atoms with Crippen LogP contribution in [0.15, 0.2) is 58.4 Å². The van der Waals surface area contributed by atoms with Crippen LogP contribution in [-0.4, -0.2) is 34.6 Å². The molecule has 0 aromatic heterocycles. The Morgan fingerprint density at radius 2 is 1.73 bits per heavy atom. The van der Waals surface area contributed by atoms with Gasteiger partial charge >= 0.3 is 0 Å². The largest absolute Gasteiger partial charge is 0.492 e. The number of ether oxygens (including phenoxy) is 1. The molecule has 2 rings (SSSR count). The maximum Gasteiger partial charge on any atom is 0.238 e. The summed E-state index contributed by atoms with van der Waals surface area (Å²) in [6.45, 7) is 3.64. The first-order valence-electron chi connectivity index (χ1n) is 8.14. The van der Waals surface area contributed by atoms with Crippen molar-refractivity contribution in [2.45, 2.75) is 18.4 Å². The summed E-state index contributed by atoms with van der Waals surface area (Å²) in [5, 5.41) is 11.4. The molecule has 0 spiro atoms. The van der Waals surface area contributed by atoms with Gasteiger partial charge in [-0.05, 0) is 36.8 Å². The number of primary sulfonamides is 1. The normalized spacial score (nSPS) is 11.9. The van der Waals surface area contributed by atoms with Crippen molar-refractivity contribution in [3.05, 3.63) is 59.7 Å². The second-order valence-corrected chi connectivity index (χ2v) is 7.26. The molecule has 0 bridgehead atoms. The molecule has 4 N–H and O–H groups in total. The number of nitrogens with two attached hydrogens (primary N) is 1. The zero-order valence-corrected chi connectivity index (χ0v) is 15.7. The van der Waals surface area contributed by atoms with Gasteiger partial charge in [-0.3, -0.25) is 4.99 Å². The molecule has 0 aliphatic heterocycles. The van der Waals surface area contributed by atoms with Crippen LogP contribution in [0.2, 0.25) is 0 Å². The van der Waals surface area contributed by atoms with E-state index in [0.717, 1.165) is 11.3 Å². The highest BCUT2D eigenvalue weighted by atomic mass is 32.2. The fraction of sp³-hybridized carbons (Fsp3) is 0.278. The first kappa shape index (κ1) is 19.7. The van der Waals surface area contributed by atoms with Gasteiger partial charge in [-0.25, -0.2) is 13.6 Å². The molecule has 0 unspecified atom stereocenters. The number of rotatable bonds is 7. The standard InChI is InChI=1S/C18H24N4O3S/c1-14-3-7-16(8-4-14)25-12-11-21-18(20-2)22-13-15-5-9-17(10-6-15)26(19,23)24/h3-10H,11-13H2,1-2H3,(H2,19,23,24)(H2,20,21,22). The molecule has 2 aromatic carbocycles. The molecule has 8 heteroatoms. The van der Waals surface area contributed by atoms with E-state index in [1.165, 1.54) is 17.7 Å². The number of nitrogens with zero attached hydrogens (tertiary/aromatic N) is 1. The van der Waals surface area contributed by atoms with Crippen LogP contribution in [0.3, 0.4) is 0 Å². The van der Waals surface area contributed by atoms with Crippen molar-refractivity contribution in [3.63, 3.8) is 0 Å². The SMILES string of the molecule is CN=C(NCCOc1ccc(C)cc1)NCc1ccc(S(N)(=O)=O)cc1. The van der Waals surface area contributed by atoms with Gasteiger partial charge in [0, 0.05) is 13.6 Å². The monoisotopic (exact) mass is 376 g/mol. The molecule has 0 aliphatic rings. The fourth-order valence-corrected chi connectivity index (χ4v) is 2.69. The van der Waals surface area contributed by atoms with Crippen LogP contribution in [0.5, 0.6) is 5.75 Å². The Hall–Kier alpha value is -2.58. The second kappa shape index (κ2) is 9.21. The number of nitrogens with one attached hydrogen (secondary N) is 2. The molecule has 0 aliphatic carbocycles. The van der Waals surface area contributed by atoms with E-state index in [0.29, 0.717) is 25.7 Å². The van der Waals surface area contributed by atoms with E-state index < -0.39 is 10.0 Å². The lowest BCUT2D eigenvalue weighted by Gasteiger charge is -2.13. The molecular weight excluding hydrogens is 352 g/mol. The number of sulfonamides is 1. The number of aryl methyl sites for hydroxylation is 1. The van der Waals surface area contributed by atoms with E-state index in [2.05, 4.69) is 15.6 Å². The van der Waals surface area contributed by atoms with Crippen LogP contribution >= 0.6 is 0 Å². The number of benzene rings is 2. The average molecular weight is 376 g/mol. The molecule has 0 fully saturated rings. The van der Waals surface area contributed by atoms with Gasteiger partial charge in [0.2, 0.25) is 10.0 Å². The van der Waals surface area contributed by atoms with Crippen LogP contribution in [0.25, 0.3) is 0 Å². The van der Waals surface area contributed by atoms with Crippen molar-refractivity contribution in [1.82, 2.24) is 10.6 Å². The maximum atomic E-state index is 11.2. The zero-order valence-electron chi connectivity index (χ0n) is 14.9. The lowest BCUT2D eigenvalue weighted by Crippen LogP contribution is -2.38. The maximum absolute atomic E-state index is 11.2. The minimum absolute atomic E-state index is 0.0945. The van der Waals surface area contributed by atoms with Crippen molar-refractivity contribution in [3.8, 4) is 5.75 Å². The van der Waals surface area contributed by atoms with Gasteiger partial charge in [-0.15, -0.1) is 0 Å². The van der Waals surface area contributed by atoms with Gasteiger partial charge in [0.25, 0.3) is 0 Å². The Kier molecular flexibility index (Phi) is 6.99. The third-order valence-corrected chi connectivity index (χ3v) is 4.55. The molecule has 0 atom stereocenters. The predicted molar refractivity (Wildman–Crippen MR) is 103 cm³/mol. The Balaban J connectivity index is 1.74. The minimum atomic E-state index is -3.67. The fourth-order valence-electron chi connectivity index (χ4n) is 2.18. The van der Waals surface area contributed by atoms with E-state index in [4.69, 9.17) is 9.88 Å². The van der Waals surface area contributed by atoms with Crippen LogP contribution < -0.4 is 20.5 Å². The molecule has 140 valence electrons. The van der Waals surface area contributed by atoms with Gasteiger partial charge < -0.3 is 15.4 Å². The van der Waals surface area contributed by atoms with E-state index in [1.807, 2.05) is 31.2 Å². The molecule has 0 amide bonds. The van der Waals surface area contributed by atoms with Crippen molar-refractivity contribution in [2.75, 3.05) is 20.2 Å². The van der Waals surface area contributed by atoms with E-state index in [-0.39, 0.29) is 4.90 Å². The third-order valence-electron chi connectivity index (χ3n) is 3.62. The summed E-state index contributed by atoms with van der Waals surface area (Å²) >= 11 is 0. The molecule has 7 nitrogen and oxygen atoms in total. The highest BCUT2D eigenvalue weighted by Gasteiger charge is 2.06. The predicted octanol–water partition coefficient (Wildman–Crippen LogP) is 1.39. The summed E-state index contributed by atoms with van der Waals surface area (Å²) in [6.07, 6.45) is 0. The summed E-state index contributed by atoms with van der Waals surface area (Å²) in [4.78, 5) is 4.23. The van der Waals surface area contributed by atoms with Crippen molar-refractivity contribution < 1.29 is 13.2 Å². The zero-order chi connectivity index (χ0) is 19.0. The number of hydrogen-bond acceptors (Lipinski definition) is 4. The lowest BCUT2D eigenvalue weighted by molar-refractivity contribution is 0.322. The first-order chi connectivity index (χ1) is 12.4. The molecule has 26 heavy (non-hydrogen) atoms. The first-order valence-corrected chi connectivity index (χ1v) is 9.69. The summed E-state index contributed by atoms with van der Waals surface area (Å²) in [5.74, 6) is 1.46. The summed E-state index contributed by atoms with van der Waals surface area (Å²) in [6, 6.07) is 14.3. The van der Waals surface area contributed by atoms with Crippen LogP contribution in [0.1, 0.15) is 11.1 Å². The number of hydrogen-bond donors (Lipinski definition) is 3. The van der Waals surface area contributed by atoms with Gasteiger partial charge in [-0.2, -0.15) is 0 Å². The van der Waals surface area contributed by atoms with Crippen LogP contribution in [-0.2, 0) is 16.6 Å². The Morgan fingerprint density at radius 1 is 1.08 bits per heavy atom. The Bertz CT molecular complexity index is 832. The van der Waals surface area contributed by atoms with E-state index >= 15 is 0 Å². The van der Waals surface area contributed by atoms with E-state index in [1.54, 1.807) is 19.2 Å². The van der Waals surface area contributed by atoms with Gasteiger partial charge in [0.15, 0.2) is 5.96 Å². The van der Waals surface area contributed by atoms with Crippen molar-refractivity contribution in [1.29, 1.82) is 0 Å². The number of aliphatic imine (C=N–C) groups is 1. The summed E-state index contributed by atoms with van der Waals surface area (Å²) in [7, 11) is -1.99. The average Bonchev–Trinajstić information content (AvgIpc) is 2.62. The molecule has 0 radical (unpaired) electrons. The molecule has 0 saturated carbocycles. The smallest absolute Gasteiger partial charge is 0.238 e. The number of guanidine groups is 1. The highest BCUT2D eigenvalue weighted by Crippen LogP contribution is 2.11. The van der Waals surface area contributed by atoms with Crippen molar-refractivity contribution in [2.24, 2.45) is 10.1 Å². The third kappa shape index (κ3) is 6.38. The van der Waals surface area contributed by atoms with Crippen LogP contribution in [0.4, 0.5) is 0 Å². The molecule has 2 aromatic rings. The quantitative estimate of drug-likeness (QED) is 0.385. The Labute approximate surface area is 154 Å². The van der Waals surface area contributed by atoms with Gasteiger partial charge in [0.05, 0.1) is 11.4 Å². The Morgan fingerprint density at radius 3 is 2.31 bits per heavy atom. The van der Waals surface area contributed by atoms with Gasteiger partial charge in [0.1, 0.15) is 12.4 Å². The summed E-state index contributed by atoms with van der Waals surface area (Å²) < 4.78 is 28.1. The van der Waals surface area contributed by atoms with Crippen LogP contribution in [0, 0.1) is 6.92 Å². The molecular formula is C18H24N4O3S. The van der Waals surface area contributed by atoms with Crippen molar-refractivity contribution >= 4 is 16.0 Å². The topological polar surface area (TPSA) is 106 Å². The summed E-state index contributed by atoms with van der Waals surface area (Å²) in [5.41, 5.74) is 2.11. The molecule has 0 heterocycles. The lowest BCUT2D eigenvalue weighted by atomic mass is 10.2. The second-order valence-electron chi connectivity index (χ2n) is 5.70. The molecule has 0 saturated heterocycles. The van der Waals surface area contributed by atoms with Gasteiger partial charge in [-0.1, -0.05) is 29.8 Å². The van der Waals surface area contributed by atoms with E-state index in [9.17, 15) is 8.42 Å².